The van der Waals surface area contributed by atoms with E-state index < -0.39 is 27.8 Å². The molecule has 1 aromatic rings. The van der Waals surface area contributed by atoms with Crippen molar-refractivity contribution in [2.75, 3.05) is 0 Å². The number of halogens is 1. The van der Waals surface area contributed by atoms with E-state index in [2.05, 4.69) is 0 Å². The number of benzene rings is 1. The van der Waals surface area contributed by atoms with Crippen LogP contribution in [-0.2, 0) is 25.6 Å². The minimum atomic E-state index is -4.64. The van der Waals surface area contributed by atoms with E-state index in [1.807, 2.05) is 11.6 Å². The lowest BCUT2D eigenvalue weighted by Gasteiger charge is -2.33. The molecular weight excluding hydrogens is 301 g/mol. The molecule has 1 unspecified atom stereocenters. The summed E-state index contributed by atoms with van der Waals surface area (Å²) in [6, 6.07) is 4.83. The molecule has 1 rings (SSSR count). The summed E-state index contributed by atoms with van der Waals surface area (Å²) < 4.78 is 51.6. The van der Waals surface area contributed by atoms with Crippen molar-refractivity contribution in [1.29, 1.82) is 0 Å². The molecule has 6 nitrogen and oxygen atoms in total. The largest absolute Gasteiger partial charge is 0.439 e. The smallest absolute Gasteiger partial charge is 0.336 e. The predicted octanol–water partition coefficient (Wildman–Crippen LogP) is 2.12. The van der Waals surface area contributed by atoms with Gasteiger partial charge in [0, 0.05) is 18.9 Å². The third-order valence-electron chi connectivity index (χ3n) is 2.80. The second-order valence-electron chi connectivity index (χ2n) is 4.61. The minimum absolute atomic E-state index is 0.106. The number of unbranched alkanes of at least 4 members (excludes halogenated alkanes) is 1. The van der Waals surface area contributed by atoms with Gasteiger partial charge in [0.2, 0.25) is 5.72 Å². The van der Waals surface area contributed by atoms with Gasteiger partial charge in [0.15, 0.2) is 0 Å². The molecule has 1 aromatic carbocycles. The average molecular weight is 319 g/mol. The van der Waals surface area contributed by atoms with Crippen LogP contribution >= 0.6 is 0 Å². The molecule has 0 heterocycles. The Bertz CT molecular complexity index is 587. The van der Waals surface area contributed by atoms with E-state index in [-0.39, 0.29) is 12.0 Å². The van der Waals surface area contributed by atoms with Crippen molar-refractivity contribution in [2.24, 2.45) is 0 Å². The molecule has 0 amide bonds. The summed E-state index contributed by atoms with van der Waals surface area (Å²) in [4.78, 5) is 11.3. The molecule has 0 aliphatic heterocycles. The Labute approximate surface area is 123 Å². The van der Waals surface area contributed by atoms with Crippen LogP contribution in [-0.4, -0.2) is 18.9 Å². The molecule has 0 bridgehead atoms. The van der Waals surface area contributed by atoms with Crippen molar-refractivity contribution in [1.82, 2.24) is 4.72 Å². The molecule has 2 N–H and O–H groups in total. The third-order valence-corrected chi connectivity index (χ3v) is 3.39. The molecular formula is C13H18FNO5S. The van der Waals surface area contributed by atoms with E-state index in [0.717, 1.165) is 19.1 Å². The summed E-state index contributed by atoms with van der Waals surface area (Å²) in [5.74, 6) is -1.25. The van der Waals surface area contributed by atoms with E-state index in [9.17, 15) is 17.6 Å². The molecule has 8 heteroatoms. The first-order valence-corrected chi connectivity index (χ1v) is 7.84. The molecule has 0 saturated carbocycles. The summed E-state index contributed by atoms with van der Waals surface area (Å²) in [5.41, 5.74) is -1.53. The van der Waals surface area contributed by atoms with Gasteiger partial charge in [-0.15, -0.1) is 4.72 Å². The summed E-state index contributed by atoms with van der Waals surface area (Å²) >= 11 is 0. The summed E-state index contributed by atoms with van der Waals surface area (Å²) in [7, 11) is -4.64. The first kappa shape index (κ1) is 17.5. The maximum absolute atomic E-state index is 13.0. The Morgan fingerprint density at radius 1 is 1.38 bits per heavy atom. The molecule has 0 spiro atoms. The van der Waals surface area contributed by atoms with Crippen molar-refractivity contribution in [3.8, 4) is 0 Å². The summed E-state index contributed by atoms with van der Waals surface area (Å²) in [5, 5.41) is 0. The third kappa shape index (κ3) is 5.41. The van der Waals surface area contributed by atoms with Gasteiger partial charge < -0.3 is 4.74 Å². The SMILES string of the molecule is CCCCC(NS(=O)(=O)O)(OC(C)=O)c1ccc(F)cc1. The Kier molecular flexibility index (Phi) is 5.82. The van der Waals surface area contributed by atoms with Crippen LogP contribution in [0.4, 0.5) is 4.39 Å². The number of hydrogen-bond donors (Lipinski definition) is 2. The van der Waals surface area contributed by atoms with Crippen LogP contribution in [0.1, 0.15) is 38.7 Å². The van der Waals surface area contributed by atoms with Crippen LogP contribution in [0.3, 0.4) is 0 Å². The fourth-order valence-electron chi connectivity index (χ4n) is 1.98. The molecule has 118 valence electrons. The number of esters is 1. The Balaban J connectivity index is 3.33. The first-order chi connectivity index (χ1) is 9.68. The molecule has 0 aromatic heterocycles. The highest BCUT2D eigenvalue weighted by atomic mass is 32.2. The quantitative estimate of drug-likeness (QED) is 0.456. The Hall–Kier alpha value is -1.51. The summed E-state index contributed by atoms with van der Waals surface area (Å²) in [6.07, 6.45) is 1.33. The molecule has 0 aliphatic rings. The van der Waals surface area contributed by atoms with Gasteiger partial charge in [-0.3, -0.25) is 9.35 Å². The van der Waals surface area contributed by atoms with Gasteiger partial charge in [-0.1, -0.05) is 25.5 Å². The van der Waals surface area contributed by atoms with E-state index in [1.165, 1.54) is 12.1 Å². The van der Waals surface area contributed by atoms with Crippen LogP contribution in [0.25, 0.3) is 0 Å². The lowest BCUT2D eigenvalue weighted by atomic mass is 9.97. The standard InChI is InChI=1S/C13H18FNO5S/c1-3-4-9-13(20-10(2)16,15-21(17,18)19)11-5-7-12(14)8-6-11/h5-8,15H,3-4,9H2,1-2H3,(H,17,18,19). The number of nitrogens with one attached hydrogen (secondary N) is 1. The number of ether oxygens (including phenoxy) is 1. The fourth-order valence-corrected chi connectivity index (χ4v) is 2.66. The van der Waals surface area contributed by atoms with E-state index >= 15 is 0 Å². The second kappa shape index (κ2) is 6.97. The van der Waals surface area contributed by atoms with Crippen molar-refractivity contribution in [3.63, 3.8) is 0 Å². The zero-order chi connectivity index (χ0) is 16.1. The highest BCUT2D eigenvalue weighted by Gasteiger charge is 2.38. The van der Waals surface area contributed by atoms with Gasteiger partial charge in [0.1, 0.15) is 5.82 Å². The van der Waals surface area contributed by atoms with Gasteiger partial charge in [-0.2, -0.15) is 8.42 Å². The van der Waals surface area contributed by atoms with Crippen molar-refractivity contribution in [2.45, 2.75) is 38.8 Å². The van der Waals surface area contributed by atoms with Crippen molar-refractivity contribution in [3.05, 3.63) is 35.6 Å². The van der Waals surface area contributed by atoms with Crippen LogP contribution in [0.2, 0.25) is 0 Å². The average Bonchev–Trinajstić information content (AvgIpc) is 2.34. The number of carbonyl (C=O) groups is 1. The number of carbonyl (C=O) groups excluding carboxylic acids is 1. The molecule has 21 heavy (non-hydrogen) atoms. The Morgan fingerprint density at radius 3 is 2.38 bits per heavy atom. The minimum Gasteiger partial charge on any atom is -0.439 e. The second-order valence-corrected chi connectivity index (χ2v) is 5.76. The number of hydrogen-bond acceptors (Lipinski definition) is 4. The summed E-state index contributed by atoms with van der Waals surface area (Å²) in [6.45, 7) is 2.99. The molecule has 0 fully saturated rings. The first-order valence-electron chi connectivity index (χ1n) is 6.40. The molecule has 0 saturated heterocycles. The number of rotatable bonds is 7. The molecule has 0 aliphatic carbocycles. The van der Waals surface area contributed by atoms with Crippen LogP contribution in [0.15, 0.2) is 24.3 Å². The van der Waals surface area contributed by atoms with Gasteiger partial charge in [-0.25, -0.2) is 4.39 Å². The Morgan fingerprint density at radius 2 is 1.95 bits per heavy atom. The van der Waals surface area contributed by atoms with Gasteiger partial charge in [0.25, 0.3) is 0 Å². The molecule has 0 radical (unpaired) electrons. The van der Waals surface area contributed by atoms with Gasteiger partial charge in [0.05, 0.1) is 0 Å². The van der Waals surface area contributed by atoms with E-state index in [4.69, 9.17) is 9.29 Å². The van der Waals surface area contributed by atoms with Crippen molar-refractivity contribution < 1.29 is 26.9 Å². The fraction of sp³-hybridized carbons (Fsp3) is 0.462. The zero-order valence-electron chi connectivity index (χ0n) is 11.8. The lowest BCUT2D eigenvalue weighted by Crippen LogP contribution is -2.48. The van der Waals surface area contributed by atoms with E-state index in [0.29, 0.717) is 12.8 Å². The van der Waals surface area contributed by atoms with Crippen LogP contribution in [0.5, 0.6) is 0 Å². The highest BCUT2D eigenvalue weighted by molar-refractivity contribution is 7.83. The van der Waals surface area contributed by atoms with Gasteiger partial charge in [-0.05, 0) is 18.6 Å². The van der Waals surface area contributed by atoms with Crippen LogP contribution < -0.4 is 4.72 Å². The molecule has 1 atom stereocenters. The monoisotopic (exact) mass is 319 g/mol. The zero-order valence-corrected chi connectivity index (χ0v) is 12.6. The maximum atomic E-state index is 13.0. The maximum Gasteiger partial charge on any atom is 0.336 e. The van der Waals surface area contributed by atoms with E-state index in [1.54, 1.807) is 0 Å². The lowest BCUT2D eigenvalue weighted by molar-refractivity contribution is -0.161. The van der Waals surface area contributed by atoms with Gasteiger partial charge >= 0.3 is 16.3 Å². The predicted molar refractivity (Wildman–Crippen MR) is 74.1 cm³/mol. The topological polar surface area (TPSA) is 92.7 Å². The highest BCUT2D eigenvalue weighted by Crippen LogP contribution is 2.30. The van der Waals surface area contributed by atoms with Crippen LogP contribution in [0, 0.1) is 5.82 Å². The van der Waals surface area contributed by atoms with Crippen molar-refractivity contribution >= 4 is 16.3 Å². The normalized spacial score (nSPS) is 14.5.